The van der Waals surface area contributed by atoms with E-state index in [0.29, 0.717) is 17.2 Å². The molecule has 0 saturated carbocycles. The maximum atomic E-state index is 12.9. The summed E-state index contributed by atoms with van der Waals surface area (Å²) in [5, 5.41) is 15.6. The van der Waals surface area contributed by atoms with Crippen molar-refractivity contribution in [3.8, 4) is 17.2 Å². The highest BCUT2D eigenvalue weighted by atomic mass is 32.1. The highest BCUT2D eigenvalue weighted by Gasteiger charge is 2.20. The van der Waals surface area contributed by atoms with Crippen molar-refractivity contribution in [1.82, 2.24) is 4.98 Å². The molecular formula is C21H19N3O7S. The molecule has 1 N–H and O–H groups in total. The molecule has 3 rings (SSSR count). The van der Waals surface area contributed by atoms with E-state index in [4.69, 9.17) is 14.2 Å². The quantitative estimate of drug-likeness (QED) is 0.287. The van der Waals surface area contributed by atoms with Crippen LogP contribution in [0.1, 0.15) is 23.0 Å². The molecule has 0 unspecified atom stereocenters. The lowest BCUT2D eigenvalue weighted by Crippen LogP contribution is -2.14. The molecular weight excluding hydrogens is 438 g/mol. The van der Waals surface area contributed by atoms with Crippen LogP contribution in [0.5, 0.6) is 17.2 Å². The minimum atomic E-state index is -0.644. The largest absolute Gasteiger partial charge is 0.497 e. The topological polar surface area (TPSA) is 130 Å². The summed E-state index contributed by atoms with van der Waals surface area (Å²) in [6.07, 6.45) is -0.0250. The average molecular weight is 457 g/mol. The van der Waals surface area contributed by atoms with E-state index in [1.54, 1.807) is 36.6 Å². The molecule has 1 heterocycles. The lowest BCUT2D eigenvalue weighted by molar-refractivity contribution is -0.384. The van der Waals surface area contributed by atoms with Gasteiger partial charge in [-0.2, -0.15) is 0 Å². The zero-order chi connectivity index (χ0) is 23.1. The van der Waals surface area contributed by atoms with Crippen molar-refractivity contribution in [2.24, 2.45) is 0 Å². The van der Waals surface area contributed by atoms with Crippen LogP contribution in [-0.4, -0.2) is 35.5 Å². The van der Waals surface area contributed by atoms with Crippen LogP contribution in [-0.2, 0) is 16.0 Å². The Labute approximate surface area is 186 Å². The molecule has 32 heavy (non-hydrogen) atoms. The molecule has 0 fully saturated rings. The Morgan fingerprint density at radius 1 is 1.16 bits per heavy atom. The Morgan fingerprint density at radius 2 is 1.88 bits per heavy atom. The molecule has 0 aliphatic heterocycles. The van der Waals surface area contributed by atoms with Gasteiger partial charge in [-0.05, 0) is 37.3 Å². The van der Waals surface area contributed by atoms with E-state index in [-0.39, 0.29) is 35.2 Å². The molecule has 10 nitrogen and oxygen atoms in total. The van der Waals surface area contributed by atoms with Crippen LogP contribution in [0, 0.1) is 10.1 Å². The van der Waals surface area contributed by atoms with E-state index in [1.165, 1.54) is 19.2 Å². The fraction of sp³-hybridized carbons (Fsp3) is 0.190. The van der Waals surface area contributed by atoms with Gasteiger partial charge in [0, 0.05) is 17.5 Å². The number of anilines is 1. The highest BCUT2D eigenvalue weighted by Crippen LogP contribution is 2.30. The predicted octanol–water partition coefficient (Wildman–Crippen LogP) is 4.21. The summed E-state index contributed by atoms with van der Waals surface area (Å²) in [6, 6.07) is 10.4. The van der Waals surface area contributed by atoms with Crippen LogP contribution in [0.2, 0.25) is 0 Å². The first-order valence-electron chi connectivity index (χ1n) is 9.41. The molecule has 11 heteroatoms. The number of non-ortho nitro benzene ring substituents is 1. The Morgan fingerprint density at radius 3 is 2.53 bits per heavy atom. The van der Waals surface area contributed by atoms with Gasteiger partial charge in [0.15, 0.2) is 5.13 Å². The van der Waals surface area contributed by atoms with Crippen LogP contribution in [0.3, 0.4) is 0 Å². The molecule has 3 aromatic rings. The second kappa shape index (κ2) is 10.4. The number of nitrogens with zero attached hydrogens (tertiary/aromatic N) is 2. The van der Waals surface area contributed by atoms with Gasteiger partial charge in [0.2, 0.25) is 0 Å². The lowest BCUT2D eigenvalue weighted by Gasteiger charge is -2.11. The molecule has 1 amide bonds. The van der Waals surface area contributed by atoms with Gasteiger partial charge in [-0.25, -0.2) is 4.98 Å². The smallest absolute Gasteiger partial charge is 0.311 e. The third-order valence-corrected chi connectivity index (χ3v) is 4.92. The van der Waals surface area contributed by atoms with Gasteiger partial charge in [0.1, 0.15) is 17.2 Å². The zero-order valence-electron chi connectivity index (χ0n) is 17.2. The molecule has 2 aromatic carbocycles. The van der Waals surface area contributed by atoms with Gasteiger partial charge in [0.25, 0.3) is 11.6 Å². The van der Waals surface area contributed by atoms with Crippen LogP contribution in [0.4, 0.5) is 10.8 Å². The Hall–Kier alpha value is -3.99. The summed E-state index contributed by atoms with van der Waals surface area (Å²) in [4.78, 5) is 39.2. The van der Waals surface area contributed by atoms with Crippen LogP contribution >= 0.6 is 11.3 Å². The molecule has 0 radical (unpaired) electrons. The number of carbonyl (C=O) groups is 2. The van der Waals surface area contributed by atoms with Crippen molar-refractivity contribution in [2.45, 2.75) is 13.3 Å². The normalized spacial score (nSPS) is 10.3. The molecule has 1 aromatic heterocycles. The first-order valence-corrected chi connectivity index (χ1v) is 10.3. The number of benzene rings is 2. The molecule has 0 spiro atoms. The monoisotopic (exact) mass is 457 g/mol. The van der Waals surface area contributed by atoms with Gasteiger partial charge in [-0.1, -0.05) is 0 Å². The second-order valence-electron chi connectivity index (χ2n) is 6.30. The summed E-state index contributed by atoms with van der Waals surface area (Å²) in [7, 11) is 1.53. The van der Waals surface area contributed by atoms with Gasteiger partial charge in [-0.3, -0.25) is 25.0 Å². The maximum absolute atomic E-state index is 12.9. The number of nitro groups is 1. The number of carbonyl (C=O) groups excluding carboxylic acids is 2. The number of aromatic nitrogens is 1. The predicted molar refractivity (Wildman–Crippen MR) is 117 cm³/mol. The Bertz CT molecular complexity index is 1130. The number of ether oxygens (including phenoxy) is 3. The SMILES string of the molecule is CCOC(=O)Cc1csc(NC(=O)c2cc([N+](=O)[O-])ccc2Oc2ccc(OC)cc2)n1. The van der Waals surface area contributed by atoms with Gasteiger partial charge in [0.05, 0.1) is 36.3 Å². The molecule has 0 aliphatic carbocycles. The fourth-order valence-electron chi connectivity index (χ4n) is 2.64. The van der Waals surface area contributed by atoms with Crippen molar-refractivity contribution in [3.63, 3.8) is 0 Å². The van der Waals surface area contributed by atoms with E-state index in [1.807, 2.05) is 0 Å². The van der Waals surface area contributed by atoms with Crippen molar-refractivity contribution in [2.75, 3.05) is 19.0 Å². The van der Waals surface area contributed by atoms with E-state index >= 15 is 0 Å². The molecule has 0 atom stereocenters. The third-order valence-electron chi connectivity index (χ3n) is 4.11. The number of esters is 1. The van der Waals surface area contributed by atoms with Crippen LogP contribution in [0.25, 0.3) is 0 Å². The van der Waals surface area contributed by atoms with E-state index < -0.39 is 16.8 Å². The number of rotatable bonds is 9. The number of amides is 1. The van der Waals surface area contributed by atoms with Crippen molar-refractivity contribution >= 4 is 34.0 Å². The zero-order valence-corrected chi connectivity index (χ0v) is 18.0. The Kier molecular flexibility index (Phi) is 7.34. The number of hydrogen-bond donors (Lipinski definition) is 1. The third kappa shape index (κ3) is 5.79. The van der Waals surface area contributed by atoms with E-state index in [0.717, 1.165) is 17.4 Å². The lowest BCUT2D eigenvalue weighted by atomic mass is 10.1. The maximum Gasteiger partial charge on any atom is 0.311 e. The number of methoxy groups -OCH3 is 1. The standard InChI is InChI=1S/C21H19N3O7S/c1-3-30-19(25)10-13-12-32-21(22-13)23-20(26)17-11-14(24(27)28)4-9-18(17)31-16-7-5-15(29-2)6-8-16/h4-9,11-12H,3,10H2,1-2H3,(H,22,23,26). The molecule has 0 aliphatic rings. The van der Waals surface area contributed by atoms with Crippen molar-refractivity contribution < 1.29 is 28.7 Å². The molecule has 0 bridgehead atoms. The fourth-order valence-corrected chi connectivity index (χ4v) is 3.34. The number of hydrogen-bond acceptors (Lipinski definition) is 9. The minimum Gasteiger partial charge on any atom is -0.497 e. The second-order valence-corrected chi connectivity index (χ2v) is 7.15. The number of nitrogens with one attached hydrogen (secondary N) is 1. The summed E-state index contributed by atoms with van der Waals surface area (Å²) in [5.74, 6) is 0.0986. The van der Waals surface area contributed by atoms with Gasteiger partial charge in [-0.15, -0.1) is 11.3 Å². The minimum absolute atomic E-state index is 0.0250. The van der Waals surface area contributed by atoms with E-state index in [2.05, 4.69) is 10.3 Å². The molecule has 166 valence electrons. The van der Waals surface area contributed by atoms with Crippen LogP contribution in [0.15, 0.2) is 47.8 Å². The Balaban J connectivity index is 1.81. The van der Waals surface area contributed by atoms with Crippen molar-refractivity contribution in [1.29, 1.82) is 0 Å². The molecule has 0 saturated heterocycles. The van der Waals surface area contributed by atoms with Crippen LogP contribution < -0.4 is 14.8 Å². The summed E-state index contributed by atoms with van der Waals surface area (Å²) < 4.78 is 15.7. The number of nitro benzene ring substituents is 1. The highest BCUT2D eigenvalue weighted by molar-refractivity contribution is 7.14. The summed E-state index contributed by atoms with van der Waals surface area (Å²) in [5.41, 5.74) is 0.133. The summed E-state index contributed by atoms with van der Waals surface area (Å²) in [6.45, 7) is 1.96. The van der Waals surface area contributed by atoms with Gasteiger partial charge >= 0.3 is 5.97 Å². The summed E-state index contributed by atoms with van der Waals surface area (Å²) >= 11 is 1.12. The van der Waals surface area contributed by atoms with E-state index in [9.17, 15) is 19.7 Å². The first kappa shape index (κ1) is 22.7. The first-order chi connectivity index (χ1) is 15.4. The van der Waals surface area contributed by atoms with Gasteiger partial charge < -0.3 is 14.2 Å². The average Bonchev–Trinajstić information content (AvgIpc) is 3.20. The van der Waals surface area contributed by atoms with Crippen molar-refractivity contribution in [3.05, 3.63) is 69.2 Å². The number of thiazole rings is 1.